The van der Waals surface area contributed by atoms with E-state index in [1.807, 2.05) is 12.1 Å². The van der Waals surface area contributed by atoms with Gasteiger partial charge < -0.3 is 9.47 Å². The molecule has 1 aliphatic heterocycles. The van der Waals surface area contributed by atoms with E-state index in [-0.39, 0.29) is 17.2 Å². The Kier molecular flexibility index (Phi) is 4.85. The molecule has 0 saturated carbocycles. The maximum absolute atomic E-state index is 12.8. The minimum atomic E-state index is -1.45. The predicted molar refractivity (Wildman–Crippen MR) is 95.1 cm³/mol. The van der Waals surface area contributed by atoms with Gasteiger partial charge in [-0.25, -0.2) is 0 Å². The van der Waals surface area contributed by atoms with Crippen molar-refractivity contribution in [3.05, 3.63) is 64.2 Å². The molecular formula is C20H13ClN2O4. The van der Waals surface area contributed by atoms with Crippen molar-refractivity contribution in [3.8, 4) is 17.9 Å². The van der Waals surface area contributed by atoms with E-state index in [1.54, 1.807) is 24.3 Å². The zero-order valence-electron chi connectivity index (χ0n) is 14.2. The Morgan fingerprint density at radius 2 is 1.85 bits per heavy atom. The quantitative estimate of drug-likeness (QED) is 0.596. The lowest BCUT2D eigenvalue weighted by molar-refractivity contribution is -0.153. The highest BCUT2D eigenvalue weighted by Gasteiger charge is 2.53. The summed E-state index contributed by atoms with van der Waals surface area (Å²) in [5.41, 5.74) is -0.340. The van der Waals surface area contributed by atoms with Crippen LogP contribution >= 0.6 is 11.6 Å². The van der Waals surface area contributed by atoms with Gasteiger partial charge in [0.2, 0.25) is 5.60 Å². The number of cyclic esters (lactones) is 1. The van der Waals surface area contributed by atoms with Gasteiger partial charge in [0.05, 0.1) is 22.2 Å². The number of ether oxygens (including phenoxy) is 2. The van der Waals surface area contributed by atoms with Gasteiger partial charge in [0.25, 0.3) is 0 Å². The number of esters is 1. The second kappa shape index (κ2) is 7.11. The molecule has 27 heavy (non-hydrogen) atoms. The average molecular weight is 381 g/mol. The number of hydrogen-bond donors (Lipinski definition) is 0. The van der Waals surface area contributed by atoms with E-state index in [1.165, 1.54) is 25.1 Å². The molecule has 3 rings (SSSR count). The van der Waals surface area contributed by atoms with Crippen LogP contribution in [0, 0.1) is 22.7 Å². The number of ketones is 1. The Balaban J connectivity index is 1.78. The largest absolute Gasteiger partial charge is 0.489 e. The van der Waals surface area contributed by atoms with Crippen molar-refractivity contribution in [3.63, 3.8) is 0 Å². The van der Waals surface area contributed by atoms with E-state index in [4.69, 9.17) is 31.6 Å². The third kappa shape index (κ3) is 3.48. The van der Waals surface area contributed by atoms with Gasteiger partial charge in [-0.2, -0.15) is 10.5 Å². The number of nitriles is 2. The molecule has 7 heteroatoms. The first-order valence-corrected chi connectivity index (χ1v) is 8.35. The standard InChI is InChI=1S/C20H13ClN2O4/c1-20(11-26-15-6-2-12(9-22)3-7-15)18(24)17(19(25)27-20)13-4-5-14(10-23)16(21)8-13/h2-8,17H,11H2,1H3/t17?,20-/m0/s1. The third-order valence-corrected chi connectivity index (χ3v) is 4.60. The highest BCUT2D eigenvalue weighted by atomic mass is 35.5. The van der Waals surface area contributed by atoms with Crippen LogP contribution in [0.25, 0.3) is 0 Å². The number of hydrogen-bond acceptors (Lipinski definition) is 6. The van der Waals surface area contributed by atoms with Crippen LogP contribution in [-0.4, -0.2) is 24.0 Å². The van der Waals surface area contributed by atoms with E-state index in [2.05, 4.69) is 0 Å². The maximum atomic E-state index is 12.8. The van der Waals surface area contributed by atoms with Crippen molar-refractivity contribution in [2.45, 2.75) is 18.4 Å². The van der Waals surface area contributed by atoms with Gasteiger partial charge in [-0.3, -0.25) is 9.59 Å². The predicted octanol–water partition coefficient (Wildman–Crippen LogP) is 3.13. The van der Waals surface area contributed by atoms with Gasteiger partial charge in [0, 0.05) is 0 Å². The molecule has 1 fully saturated rings. The number of Topliss-reactive ketones (excluding diaryl/α,β-unsaturated/α-hetero) is 1. The smallest absolute Gasteiger partial charge is 0.322 e. The number of rotatable bonds is 4. The zero-order chi connectivity index (χ0) is 19.6. The summed E-state index contributed by atoms with van der Waals surface area (Å²) in [5, 5.41) is 17.9. The van der Waals surface area contributed by atoms with Crippen molar-refractivity contribution in [1.29, 1.82) is 10.5 Å². The summed E-state index contributed by atoms with van der Waals surface area (Å²) in [4.78, 5) is 25.2. The van der Waals surface area contributed by atoms with Gasteiger partial charge in [-0.15, -0.1) is 0 Å². The Labute approximate surface area is 160 Å². The third-order valence-electron chi connectivity index (χ3n) is 4.29. The summed E-state index contributed by atoms with van der Waals surface area (Å²) in [5.74, 6) is -1.80. The summed E-state index contributed by atoms with van der Waals surface area (Å²) < 4.78 is 10.9. The fraction of sp³-hybridized carbons (Fsp3) is 0.200. The molecule has 0 aromatic heterocycles. The van der Waals surface area contributed by atoms with Crippen LogP contribution < -0.4 is 4.74 Å². The van der Waals surface area contributed by atoms with Gasteiger partial charge in [0.15, 0.2) is 5.78 Å². The molecule has 0 spiro atoms. The van der Waals surface area contributed by atoms with Crippen molar-refractivity contribution in [2.75, 3.05) is 6.61 Å². The second-order valence-electron chi connectivity index (χ2n) is 6.23. The molecule has 1 aliphatic rings. The molecule has 0 amide bonds. The molecule has 2 atom stereocenters. The lowest BCUT2D eigenvalue weighted by atomic mass is 9.88. The van der Waals surface area contributed by atoms with Crippen molar-refractivity contribution < 1.29 is 19.1 Å². The highest BCUT2D eigenvalue weighted by molar-refractivity contribution is 6.32. The molecule has 0 radical (unpaired) electrons. The van der Waals surface area contributed by atoms with Crippen molar-refractivity contribution >= 4 is 23.4 Å². The van der Waals surface area contributed by atoms with Crippen LogP contribution in [0.15, 0.2) is 42.5 Å². The highest BCUT2D eigenvalue weighted by Crippen LogP contribution is 2.36. The zero-order valence-corrected chi connectivity index (χ0v) is 15.0. The number of carbonyl (C=O) groups is 2. The fourth-order valence-corrected chi connectivity index (χ4v) is 3.01. The number of benzene rings is 2. The van der Waals surface area contributed by atoms with Crippen LogP contribution in [0.3, 0.4) is 0 Å². The van der Waals surface area contributed by atoms with Crippen LogP contribution in [0.1, 0.15) is 29.5 Å². The average Bonchev–Trinajstić information content (AvgIpc) is 2.89. The lowest BCUT2D eigenvalue weighted by Crippen LogP contribution is -2.40. The SMILES string of the molecule is C[C@@]1(COc2ccc(C#N)cc2)OC(=O)C(c2ccc(C#N)c(Cl)c2)C1=O. The first-order chi connectivity index (χ1) is 12.9. The minimum Gasteiger partial charge on any atom is -0.489 e. The van der Waals surface area contributed by atoms with Crippen LogP contribution in [-0.2, 0) is 14.3 Å². The van der Waals surface area contributed by atoms with Crippen LogP contribution in [0.4, 0.5) is 0 Å². The van der Waals surface area contributed by atoms with E-state index < -0.39 is 23.3 Å². The Morgan fingerprint density at radius 3 is 2.44 bits per heavy atom. The molecule has 1 unspecified atom stereocenters. The summed E-state index contributed by atoms with van der Waals surface area (Å²) in [7, 11) is 0. The monoisotopic (exact) mass is 380 g/mol. The first-order valence-electron chi connectivity index (χ1n) is 7.97. The normalized spacial score (nSPS) is 21.3. The van der Waals surface area contributed by atoms with Gasteiger partial charge in [-0.05, 0) is 48.9 Å². The molecule has 0 aliphatic carbocycles. The Morgan fingerprint density at radius 1 is 1.15 bits per heavy atom. The van der Waals surface area contributed by atoms with Crippen molar-refractivity contribution in [1.82, 2.24) is 0 Å². The summed E-state index contributed by atoms with van der Waals surface area (Å²) in [6.45, 7) is 1.33. The van der Waals surface area contributed by atoms with Gasteiger partial charge >= 0.3 is 5.97 Å². The molecule has 1 saturated heterocycles. The fourth-order valence-electron chi connectivity index (χ4n) is 2.78. The number of nitrogens with zero attached hydrogens (tertiary/aromatic N) is 2. The molecule has 6 nitrogen and oxygen atoms in total. The van der Waals surface area contributed by atoms with Crippen LogP contribution in [0.2, 0.25) is 5.02 Å². The number of halogens is 1. The summed E-state index contributed by atoms with van der Waals surface area (Å²) in [6.07, 6.45) is 0. The maximum Gasteiger partial charge on any atom is 0.322 e. The molecular weight excluding hydrogens is 368 g/mol. The van der Waals surface area contributed by atoms with E-state index in [0.29, 0.717) is 16.9 Å². The molecule has 2 aromatic rings. The molecule has 1 heterocycles. The van der Waals surface area contributed by atoms with Crippen LogP contribution in [0.5, 0.6) is 5.75 Å². The number of carbonyl (C=O) groups excluding carboxylic acids is 2. The summed E-state index contributed by atoms with van der Waals surface area (Å²) >= 11 is 6.01. The van der Waals surface area contributed by atoms with E-state index >= 15 is 0 Å². The molecule has 134 valence electrons. The van der Waals surface area contributed by atoms with Gasteiger partial charge in [0.1, 0.15) is 24.3 Å². The van der Waals surface area contributed by atoms with E-state index in [9.17, 15) is 9.59 Å². The lowest BCUT2D eigenvalue weighted by Gasteiger charge is -2.21. The Bertz CT molecular complexity index is 1000. The van der Waals surface area contributed by atoms with Crippen molar-refractivity contribution in [2.24, 2.45) is 0 Å². The van der Waals surface area contributed by atoms with E-state index in [0.717, 1.165) is 0 Å². The summed E-state index contributed by atoms with van der Waals surface area (Å²) in [6, 6.07) is 14.7. The second-order valence-corrected chi connectivity index (χ2v) is 6.63. The molecule has 0 bridgehead atoms. The topological polar surface area (TPSA) is 100 Å². The minimum absolute atomic E-state index is 0.163. The molecule has 0 N–H and O–H groups in total. The first kappa shape index (κ1) is 18.4. The Hall–Kier alpha value is -3.35. The molecule has 2 aromatic carbocycles. The van der Waals surface area contributed by atoms with Gasteiger partial charge in [-0.1, -0.05) is 17.7 Å².